The Balaban J connectivity index is 0.00000529. The van der Waals surface area contributed by atoms with Crippen molar-refractivity contribution in [2.75, 3.05) is 39.5 Å². The van der Waals surface area contributed by atoms with Crippen molar-refractivity contribution in [3.05, 3.63) is 29.3 Å². The molecule has 5 atom stereocenters. The second-order valence-corrected chi connectivity index (χ2v) is 13.9. The lowest BCUT2D eigenvalue weighted by Gasteiger charge is -2.35. The van der Waals surface area contributed by atoms with Gasteiger partial charge in [-0.1, -0.05) is 63.5 Å². The van der Waals surface area contributed by atoms with Gasteiger partial charge < -0.3 is 28.4 Å². The van der Waals surface area contributed by atoms with Gasteiger partial charge in [-0.15, -0.1) is 12.4 Å². The minimum Gasteiger partial charge on any atom is -0.441 e. The summed E-state index contributed by atoms with van der Waals surface area (Å²) in [6.07, 6.45) is 4.83. The molecule has 1 unspecified atom stereocenters. The summed E-state index contributed by atoms with van der Waals surface area (Å²) in [5.41, 5.74) is 0. The average Bonchev–Trinajstić information content (AvgIpc) is 3.44. The molecule has 0 bridgehead atoms. The highest BCUT2D eigenvalue weighted by atomic mass is 35.5. The quantitative estimate of drug-likeness (QED) is 0.231. The standard InChI is InChI=1S/C30H47ClN2O9S.ClH/c1-4-5-6-7-8-9-10-11-18-38-26-25(40-28-27(26)41-30(2,3)42-28)24(21-33-16-19-37-20-17-33)39-29(34)32-43(35,36)23-14-12-22(31)13-15-23;/h12-15,24-28H,4-11,16-21H2,1-3H3,(H,32,34);1H/t24?,25-,26+,27-,28-;/m1./s1. The number of hydrogen-bond acceptors (Lipinski definition) is 10. The van der Waals surface area contributed by atoms with Gasteiger partial charge in [-0.25, -0.2) is 17.9 Å². The highest BCUT2D eigenvalue weighted by molar-refractivity contribution is 7.90. The number of amides is 1. The summed E-state index contributed by atoms with van der Waals surface area (Å²) in [6, 6.07) is 5.50. The lowest BCUT2D eigenvalue weighted by molar-refractivity contribution is -0.230. The zero-order valence-electron chi connectivity index (χ0n) is 25.9. The number of unbranched alkanes of at least 4 members (excludes halogenated alkanes) is 7. The van der Waals surface area contributed by atoms with E-state index in [2.05, 4.69) is 11.8 Å². The van der Waals surface area contributed by atoms with Gasteiger partial charge in [0.15, 0.2) is 12.1 Å². The number of hydrogen-bond donors (Lipinski definition) is 1. The monoisotopic (exact) mass is 682 g/mol. The molecule has 1 aromatic rings. The van der Waals surface area contributed by atoms with Crippen molar-refractivity contribution in [1.29, 1.82) is 0 Å². The lowest BCUT2D eigenvalue weighted by Crippen LogP contribution is -2.52. The molecule has 3 heterocycles. The molecule has 0 aromatic heterocycles. The summed E-state index contributed by atoms with van der Waals surface area (Å²) in [5, 5.41) is 0.377. The molecule has 3 saturated heterocycles. The smallest absolute Gasteiger partial charge is 0.421 e. The molecule has 0 aliphatic carbocycles. The van der Waals surface area contributed by atoms with Crippen LogP contribution in [0.4, 0.5) is 4.79 Å². The van der Waals surface area contributed by atoms with E-state index >= 15 is 0 Å². The van der Waals surface area contributed by atoms with Gasteiger partial charge in [-0.05, 0) is 44.5 Å². The van der Waals surface area contributed by atoms with Crippen LogP contribution in [0.25, 0.3) is 0 Å². The molecule has 14 heteroatoms. The number of carbonyl (C=O) groups is 1. The maximum Gasteiger partial charge on any atom is 0.421 e. The normalized spacial score (nSPS) is 25.6. The average molecular weight is 684 g/mol. The second-order valence-electron chi connectivity index (χ2n) is 11.8. The van der Waals surface area contributed by atoms with E-state index in [1.807, 2.05) is 18.6 Å². The molecule has 0 radical (unpaired) electrons. The molecular formula is C30H48Cl2N2O9S. The highest BCUT2D eigenvalue weighted by Crippen LogP contribution is 2.40. The first kappa shape index (κ1) is 37.2. The summed E-state index contributed by atoms with van der Waals surface area (Å²) in [6.45, 7) is 8.98. The van der Waals surface area contributed by atoms with E-state index in [4.69, 9.17) is 40.0 Å². The Morgan fingerprint density at radius 2 is 1.68 bits per heavy atom. The molecule has 11 nitrogen and oxygen atoms in total. The van der Waals surface area contributed by atoms with Crippen molar-refractivity contribution in [3.8, 4) is 0 Å². The minimum absolute atomic E-state index is 0. The highest BCUT2D eigenvalue weighted by Gasteiger charge is 2.58. The summed E-state index contributed by atoms with van der Waals surface area (Å²) in [4.78, 5) is 15.0. The van der Waals surface area contributed by atoms with E-state index in [-0.39, 0.29) is 17.3 Å². The fraction of sp³-hybridized carbons (Fsp3) is 0.767. The molecule has 1 aromatic carbocycles. The van der Waals surface area contributed by atoms with E-state index in [9.17, 15) is 13.2 Å². The van der Waals surface area contributed by atoms with Gasteiger partial charge in [0.25, 0.3) is 10.0 Å². The second kappa shape index (κ2) is 17.6. The van der Waals surface area contributed by atoms with Crippen LogP contribution >= 0.6 is 24.0 Å². The summed E-state index contributed by atoms with van der Waals surface area (Å²) in [7, 11) is -4.19. The SMILES string of the molecule is CCCCCCCCCCO[C@@H]1[C@H]2OC(C)(C)O[C@H]2O[C@@H]1C(CN1CCOCC1)OC(=O)NS(=O)(=O)c1ccc(Cl)cc1.Cl. The molecule has 3 aliphatic heterocycles. The Labute approximate surface area is 273 Å². The zero-order valence-corrected chi connectivity index (χ0v) is 28.3. The van der Waals surface area contributed by atoms with Crippen molar-refractivity contribution < 1.29 is 41.6 Å². The number of fused-ring (bicyclic) bond motifs is 1. The summed E-state index contributed by atoms with van der Waals surface area (Å²) < 4.78 is 63.9. The Bertz CT molecular complexity index is 1120. The van der Waals surface area contributed by atoms with Gasteiger partial charge in [0, 0.05) is 31.3 Å². The maximum absolute atomic E-state index is 13.0. The predicted molar refractivity (Wildman–Crippen MR) is 168 cm³/mol. The third-order valence-corrected chi connectivity index (χ3v) is 9.42. The number of nitrogens with zero attached hydrogens (tertiary/aromatic N) is 1. The van der Waals surface area contributed by atoms with Gasteiger partial charge in [-0.2, -0.15) is 0 Å². The maximum atomic E-state index is 13.0. The Hall–Kier alpha value is -1.22. The Kier molecular flexibility index (Phi) is 14.9. The van der Waals surface area contributed by atoms with Gasteiger partial charge in [0.05, 0.1) is 18.1 Å². The van der Waals surface area contributed by atoms with Gasteiger partial charge in [-0.3, -0.25) is 4.90 Å². The largest absolute Gasteiger partial charge is 0.441 e. The zero-order chi connectivity index (χ0) is 30.9. The number of carbonyl (C=O) groups excluding carboxylic acids is 1. The molecule has 252 valence electrons. The van der Waals surface area contributed by atoms with Crippen molar-refractivity contribution in [3.63, 3.8) is 0 Å². The van der Waals surface area contributed by atoms with Crippen LogP contribution in [-0.4, -0.2) is 95.4 Å². The number of benzene rings is 1. The van der Waals surface area contributed by atoms with Crippen LogP contribution in [0.2, 0.25) is 5.02 Å². The first-order valence-electron chi connectivity index (χ1n) is 15.5. The topological polar surface area (TPSA) is 122 Å². The molecule has 0 spiro atoms. The van der Waals surface area contributed by atoms with Crippen LogP contribution in [-0.2, 0) is 38.4 Å². The molecule has 44 heavy (non-hydrogen) atoms. The van der Waals surface area contributed by atoms with Crippen molar-refractivity contribution in [2.45, 2.75) is 114 Å². The number of sulfonamides is 1. The number of morpholine rings is 1. The summed E-state index contributed by atoms with van der Waals surface area (Å²) in [5.74, 6) is -0.856. The van der Waals surface area contributed by atoms with Crippen molar-refractivity contribution >= 4 is 40.1 Å². The molecule has 1 N–H and O–H groups in total. The van der Waals surface area contributed by atoms with Gasteiger partial charge in [0.1, 0.15) is 24.4 Å². The first-order chi connectivity index (χ1) is 20.6. The van der Waals surface area contributed by atoms with E-state index < -0.39 is 52.6 Å². The van der Waals surface area contributed by atoms with Gasteiger partial charge in [0.2, 0.25) is 0 Å². The fourth-order valence-electron chi connectivity index (χ4n) is 5.64. The number of nitrogens with one attached hydrogen (secondary N) is 1. The Morgan fingerprint density at radius 3 is 2.34 bits per heavy atom. The van der Waals surface area contributed by atoms with E-state index in [0.29, 0.717) is 44.5 Å². The fourth-order valence-corrected chi connectivity index (χ4v) is 6.64. The number of ether oxygens (including phenoxy) is 6. The van der Waals surface area contributed by atoms with Gasteiger partial charge >= 0.3 is 6.09 Å². The molecular weight excluding hydrogens is 635 g/mol. The third-order valence-electron chi connectivity index (χ3n) is 7.84. The van der Waals surface area contributed by atoms with Crippen molar-refractivity contribution in [2.24, 2.45) is 0 Å². The van der Waals surface area contributed by atoms with Crippen LogP contribution in [0.5, 0.6) is 0 Å². The number of halogens is 2. The van der Waals surface area contributed by atoms with Crippen LogP contribution < -0.4 is 4.72 Å². The van der Waals surface area contributed by atoms with Crippen molar-refractivity contribution in [1.82, 2.24) is 9.62 Å². The number of rotatable bonds is 16. The van der Waals surface area contributed by atoms with Crippen LogP contribution in [0.15, 0.2) is 29.2 Å². The van der Waals surface area contributed by atoms with Crippen LogP contribution in [0.1, 0.15) is 72.1 Å². The first-order valence-corrected chi connectivity index (χ1v) is 17.4. The van der Waals surface area contributed by atoms with E-state index in [1.165, 1.54) is 56.4 Å². The Morgan fingerprint density at radius 1 is 1.05 bits per heavy atom. The third kappa shape index (κ3) is 10.9. The van der Waals surface area contributed by atoms with E-state index in [1.54, 1.807) is 0 Å². The molecule has 3 aliphatic rings. The minimum atomic E-state index is -4.19. The molecule has 3 fully saturated rings. The van der Waals surface area contributed by atoms with Crippen LogP contribution in [0.3, 0.4) is 0 Å². The summed E-state index contributed by atoms with van der Waals surface area (Å²) >= 11 is 5.89. The van der Waals surface area contributed by atoms with Crippen LogP contribution in [0, 0.1) is 0 Å². The van der Waals surface area contributed by atoms with E-state index in [0.717, 1.165) is 19.3 Å². The molecule has 1 amide bonds. The predicted octanol–water partition coefficient (Wildman–Crippen LogP) is 5.28. The molecule has 0 saturated carbocycles. The molecule has 4 rings (SSSR count). The lowest BCUT2D eigenvalue weighted by atomic mass is 10.0.